The Hall–Kier alpha value is -2.11. The standard InChI is InChI=1S/C16H22N4O2/c1-11(2)14-9-13(18-22-14)16(21)20-7-4-5-12(10-20)15-17-6-8-19(15)3/h6,8-9,11-12H,4-5,7,10H2,1-3H3. The Morgan fingerprint density at radius 2 is 2.27 bits per heavy atom. The molecule has 2 aromatic heterocycles. The van der Waals surface area contributed by atoms with Crippen LogP contribution in [0.15, 0.2) is 23.0 Å². The summed E-state index contributed by atoms with van der Waals surface area (Å²) >= 11 is 0. The summed E-state index contributed by atoms with van der Waals surface area (Å²) in [4.78, 5) is 18.9. The number of hydrogen-bond acceptors (Lipinski definition) is 4. The number of amides is 1. The fraction of sp³-hybridized carbons (Fsp3) is 0.562. The van der Waals surface area contributed by atoms with E-state index in [1.54, 1.807) is 6.07 Å². The number of aryl methyl sites for hydroxylation is 1. The van der Waals surface area contributed by atoms with Crippen molar-refractivity contribution < 1.29 is 9.32 Å². The number of rotatable bonds is 3. The summed E-state index contributed by atoms with van der Waals surface area (Å²) in [7, 11) is 2.00. The van der Waals surface area contributed by atoms with Crippen molar-refractivity contribution in [3.05, 3.63) is 35.7 Å². The highest BCUT2D eigenvalue weighted by atomic mass is 16.5. The lowest BCUT2D eigenvalue weighted by Crippen LogP contribution is -2.39. The lowest BCUT2D eigenvalue weighted by Gasteiger charge is -2.31. The maximum absolute atomic E-state index is 12.6. The molecule has 0 aliphatic carbocycles. The maximum atomic E-state index is 12.6. The average molecular weight is 302 g/mol. The van der Waals surface area contributed by atoms with Crippen LogP contribution in [0.5, 0.6) is 0 Å². The molecule has 6 nitrogen and oxygen atoms in total. The van der Waals surface area contributed by atoms with E-state index in [0.29, 0.717) is 12.2 Å². The van der Waals surface area contributed by atoms with E-state index in [1.165, 1.54) is 0 Å². The highest BCUT2D eigenvalue weighted by molar-refractivity contribution is 5.92. The molecule has 3 heterocycles. The molecule has 1 fully saturated rings. The molecule has 1 unspecified atom stereocenters. The van der Waals surface area contributed by atoms with Crippen molar-refractivity contribution in [1.82, 2.24) is 19.6 Å². The first-order valence-corrected chi connectivity index (χ1v) is 7.79. The molecule has 2 aromatic rings. The molecule has 22 heavy (non-hydrogen) atoms. The first kappa shape index (κ1) is 14.8. The van der Waals surface area contributed by atoms with Gasteiger partial charge in [0.15, 0.2) is 5.69 Å². The van der Waals surface area contributed by atoms with Crippen molar-refractivity contribution in [2.24, 2.45) is 7.05 Å². The Labute approximate surface area is 130 Å². The van der Waals surface area contributed by atoms with E-state index in [1.807, 2.05) is 42.8 Å². The van der Waals surface area contributed by atoms with E-state index in [9.17, 15) is 4.79 Å². The Morgan fingerprint density at radius 1 is 1.45 bits per heavy atom. The number of imidazole rings is 1. The molecule has 0 aromatic carbocycles. The monoisotopic (exact) mass is 302 g/mol. The fourth-order valence-electron chi connectivity index (χ4n) is 2.97. The van der Waals surface area contributed by atoms with Gasteiger partial charge in [-0.25, -0.2) is 4.98 Å². The van der Waals surface area contributed by atoms with E-state index < -0.39 is 0 Å². The van der Waals surface area contributed by atoms with Gasteiger partial charge in [-0.2, -0.15) is 0 Å². The van der Waals surface area contributed by atoms with Gasteiger partial charge in [0, 0.05) is 50.4 Å². The van der Waals surface area contributed by atoms with Gasteiger partial charge in [-0.15, -0.1) is 0 Å². The summed E-state index contributed by atoms with van der Waals surface area (Å²) in [5.41, 5.74) is 0.407. The van der Waals surface area contributed by atoms with Gasteiger partial charge in [0.2, 0.25) is 0 Å². The molecule has 118 valence electrons. The molecule has 0 spiro atoms. The van der Waals surface area contributed by atoms with Crippen molar-refractivity contribution in [3.63, 3.8) is 0 Å². The number of piperidine rings is 1. The summed E-state index contributed by atoms with van der Waals surface area (Å²) in [6.07, 6.45) is 5.80. The van der Waals surface area contributed by atoms with Crippen LogP contribution in [0.1, 0.15) is 60.6 Å². The molecule has 0 bridgehead atoms. The Bertz CT molecular complexity index is 659. The zero-order chi connectivity index (χ0) is 15.7. The number of carbonyl (C=O) groups excluding carboxylic acids is 1. The first-order chi connectivity index (χ1) is 10.6. The van der Waals surface area contributed by atoms with Crippen molar-refractivity contribution in [1.29, 1.82) is 0 Å². The SMILES string of the molecule is CC(C)c1cc(C(=O)N2CCCC(c3nccn3C)C2)no1. The predicted molar refractivity (Wildman–Crippen MR) is 81.7 cm³/mol. The van der Waals surface area contributed by atoms with Gasteiger partial charge in [0.25, 0.3) is 5.91 Å². The number of aromatic nitrogens is 3. The van der Waals surface area contributed by atoms with Gasteiger partial charge in [0.05, 0.1) is 0 Å². The van der Waals surface area contributed by atoms with Crippen molar-refractivity contribution >= 4 is 5.91 Å². The van der Waals surface area contributed by atoms with Crippen molar-refractivity contribution in [2.75, 3.05) is 13.1 Å². The lowest BCUT2D eigenvalue weighted by molar-refractivity contribution is 0.0693. The van der Waals surface area contributed by atoms with Gasteiger partial charge < -0.3 is 14.0 Å². The Kier molecular flexibility index (Phi) is 4.00. The predicted octanol–water partition coefficient (Wildman–Crippen LogP) is 2.55. The van der Waals surface area contributed by atoms with Crippen LogP contribution in [0, 0.1) is 0 Å². The molecule has 1 saturated heterocycles. The molecule has 0 N–H and O–H groups in total. The Morgan fingerprint density at radius 3 is 2.91 bits per heavy atom. The van der Waals surface area contributed by atoms with Crippen molar-refractivity contribution in [2.45, 2.75) is 38.5 Å². The van der Waals surface area contributed by atoms with Crippen LogP contribution in [-0.2, 0) is 7.05 Å². The second kappa shape index (κ2) is 5.94. The lowest BCUT2D eigenvalue weighted by atomic mass is 9.97. The second-order valence-corrected chi connectivity index (χ2v) is 6.26. The maximum Gasteiger partial charge on any atom is 0.276 e. The van der Waals surface area contributed by atoms with Gasteiger partial charge in [0.1, 0.15) is 11.6 Å². The third-order valence-corrected chi connectivity index (χ3v) is 4.25. The van der Waals surface area contributed by atoms with E-state index in [4.69, 9.17) is 4.52 Å². The first-order valence-electron chi connectivity index (χ1n) is 7.79. The third kappa shape index (κ3) is 2.77. The van der Waals surface area contributed by atoms with Crippen molar-refractivity contribution in [3.8, 4) is 0 Å². The van der Waals surface area contributed by atoms with Crippen LogP contribution in [-0.4, -0.2) is 38.6 Å². The van der Waals surface area contributed by atoms with Gasteiger partial charge in [-0.3, -0.25) is 4.79 Å². The summed E-state index contributed by atoms with van der Waals surface area (Å²) in [6, 6.07) is 1.76. The van der Waals surface area contributed by atoms with Gasteiger partial charge in [-0.05, 0) is 12.8 Å². The van der Waals surface area contributed by atoms with Crippen LogP contribution in [0.3, 0.4) is 0 Å². The topological polar surface area (TPSA) is 64.2 Å². The minimum absolute atomic E-state index is 0.0467. The highest BCUT2D eigenvalue weighted by Crippen LogP contribution is 2.26. The number of likely N-dealkylation sites (tertiary alicyclic amines) is 1. The summed E-state index contributed by atoms with van der Waals surface area (Å²) < 4.78 is 7.28. The minimum Gasteiger partial charge on any atom is -0.360 e. The molecule has 3 rings (SSSR count). The molecular weight excluding hydrogens is 280 g/mol. The smallest absolute Gasteiger partial charge is 0.276 e. The number of hydrogen-bond donors (Lipinski definition) is 0. The number of carbonyl (C=O) groups is 1. The van der Waals surface area contributed by atoms with Gasteiger partial charge >= 0.3 is 0 Å². The average Bonchev–Trinajstić information content (AvgIpc) is 3.15. The molecule has 6 heteroatoms. The largest absolute Gasteiger partial charge is 0.360 e. The van der Waals surface area contributed by atoms with E-state index in [-0.39, 0.29) is 17.7 Å². The zero-order valence-electron chi connectivity index (χ0n) is 13.3. The van der Waals surface area contributed by atoms with Gasteiger partial charge in [-0.1, -0.05) is 19.0 Å². The number of nitrogens with zero attached hydrogens (tertiary/aromatic N) is 4. The zero-order valence-corrected chi connectivity index (χ0v) is 13.3. The second-order valence-electron chi connectivity index (χ2n) is 6.26. The third-order valence-electron chi connectivity index (χ3n) is 4.25. The highest BCUT2D eigenvalue weighted by Gasteiger charge is 2.29. The molecule has 1 aliphatic heterocycles. The minimum atomic E-state index is -0.0467. The molecular formula is C16H22N4O2. The molecule has 0 radical (unpaired) electrons. The van der Waals surface area contributed by atoms with E-state index in [0.717, 1.165) is 31.0 Å². The molecule has 0 saturated carbocycles. The van der Waals surface area contributed by atoms with Crippen LogP contribution in [0.2, 0.25) is 0 Å². The van der Waals surface area contributed by atoms with Crippen LogP contribution in [0.25, 0.3) is 0 Å². The summed E-state index contributed by atoms with van der Waals surface area (Å²) in [6.45, 7) is 5.50. The molecule has 1 atom stereocenters. The summed E-state index contributed by atoms with van der Waals surface area (Å²) in [5, 5.41) is 3.93. The molecule has 1 aliphatic rings. The summed E-state index contributed by atoms with van der Waals surface area (Å²) in [5.74, 6) is 2.26. The quantitative estimate of drug-likeness (QED) is 0.874. The fourth-order valence-corrected chi connectivity index (χ4v) is 2.97. The van der Waals surface area contributed by atoms with Crippen LogP contribution >= 0.6 is 0 Å². The van der Waals surface area contributed by atoms with E-state index in [2.05, 4.69) is 10.1 Å². The normalized spacial score (nSPS) is 18.9. The molecule has 1 amide bonds. The van der Waals surface area contributed by atoms with Crippen LogP contribution in [0.4, 0.5) is 0 Å². The van der Waals surface area contributed by atoms with E-state index >= 15 is 0 Å². The Balaban J connectivity index is 1.73. The van der Waals surface area contributed by atoms with Crippen LogP contribution < -0.4 is 0 Å².